The van der Waals surface area contributed by atoms with Crippen molar-refractivity contribution in [2.75, 3.05) is 0 Å². The Morgan fingerprint density at radius 1 is 1.42 bits per heavy atom. The number of benzene rings is 1. The molecule has 94 valence electrons. The van der Waals surface area contributed by atoms with Crippen LogP contribution < -0.4 is 4.74 Å². The number of hydrogen-bond donors (Lipinski definition) is 0. The third kappa shape index (κ3) is 2.66. The molecule has 0 unspecified atom stereocenters. The van der Waals surface area contributed by atoms with Crippen LogP contribution in [0.15, 0.2) is 36.5 Å². The number of aromatic nitrogens is 1. The van der Waals surface area contributed by atoms with Gasteiger partial charge in [-0.1, -0.05) is 0 Å². The van der Waals surface area contributed by atoms with Crippen molar-refractivity contribution < 1.29 is 9.66 Å². The lowest BCUT2D eigenvalue weighted by Crippen LogP contribution is -1.94. The highest BCUT2D eigenvalue weighted by atomic mass is 16.6. The van der Waals surface area contributed by atoms with Crippen LogP contribution in [-0.2, 0) is 0 Å². The molecule has 0 saturated heterocycles. The number of hydrogen-bond acceptors (Lipinski definition) is 5. The van der Waals surface area contributed by atoms with Crippen molar-refractivity contribution in [2.24, 2.45) is 0 Å². The number of pyridine rings is 1. The van der Waals surface area contributed by atoms with Gasteiger partial charge in [-0.15, -0.1) is 0 Å². The van der Waals surface area contributed by atoms with E-state index in [4.69, 9.17) is 10.00 Å². The molecule has 0 spiro atoms. The molecule has 0 amide bonds. The molecule has 0 saturated carbocycles. The summed E-state index contributed by atoms with van der Waals surface area (Å²) in [5.74, 6) is 0.901. The van der Waals surface area contributed by atoms with Gasteiger partial charge in [0.25, 0.3) is 5.69 Å². The molecule has 6 heteroatoms. The lowest BCUT2D eigenvalue weighted by molar-refractivity contribution is -0.385. The summed E-state index contributed by atoms with van der Waals surface area (Å²) in [6.45, 7) is 1.78. The lowest BCUT2D eigenvalue weighted by atomic mass is 10.2. The summed E-state index contributed by atoms with van der Waals surface area (Å²) in [4.78, 5) is 14.2. The number of rotatable bonds is 3. The Hall–Kier alpha value is -2.94. The van der Waals surface area contributed by atoms with E-state index in [1.807, 2.05) is 0 Å². The summed E-state index contributed by atoms with van der Waals surface area (Å²) < 4.78 is 5.55. The minimum atomic E-state index is -0.600. The van der Waals surface area contributed by atoms with Gasteiger partial charge in [-0.2, -0.15) is 5.26 Å². The van der Waals surface area contributed by atoms with Gasteiger partial charge in [0, 0.05) is 18.3 Å². The Bertz CT molecular complexity index is 677. The quantitative estimate of drug-likeness (QED) is 0.621. The molecule has 0 bridgehead atoms. The van der Waals surface area contributed by atoms with E-state index >= 15 is 0 Å². The first-order chi connectivity index (χ1) is 9.11. The van der Waals surface area contributed by atoms with Gasteiger partial charge in [-0.25, -0.2) is 0 Å². The highest BCUT2D eigenvalue weighted by Gasteiger charge is 2.14. The second-order valence-corrected chi connectivity index (χ2v) is 3.74. The Labute approximate surface area is 109 Å². The smallest absolute Gasteiger partial charge is 0.287 e. The maximum atomic E-state index is 10.7. The van der Waals surface area contributed by atoms with E-state index in [0.717, 1.165) is 0 Å². The topological polar surface area (TPSA) is 89.1 Å². The molecule has 2 rings (SSSR count). The van der Waals surface area contributed by atoms with E-state index in [-0.39, 0.29) is 11.3 Å². The van der Waals surface area contributed by atoms with Crippen LogP contribution in [-0.4, -0.2) is 9.91 Å². The second-order valence-electron chi connectivity index (χ2n) is 3.74. The van der Waals surface area contributed by atoms with E-state index in [9.17, 15) is 10.1 Å². The Morgan fingerprint density at radius 3 is 2.84 bits per heavy atom. The summed E-state index contributed by atoms with van der Waals surface area (Å²) in [5, 5.41) is 19.6. The van der Waals surface area contributed by atoms with Crippen LogP contribution in [0, 0.1) is 28.4 Å². The zero-order chi connectivity index (χ0) is 13.8. The Kier molecular flexibility index (Phi) is 3.39. The van der Waals surface area contributed by atoms with Crippen LogP contribution in [0.2, 0.25) is 0 Å². The third-order valence-electron chi connectivity index (χ3n) is 2.47. The summed E-state index contributed by atoms with van der Waals surface area (Å²) >= 11 is 0. The predicted molar refractivity (Wildman–Crippen MR) is 66.9 cm³/mol. The Balaban J connectivity index is 2.36. The minimum Gasteiger partial charge on any atom is -0.455 e. The van der Waals surface area contributed by atoms with Gasteiger partial charge in [-0.3, -0.25) is 15.1 Å². The van der Waals surface area contributed by atoms with Crippen molar-refractivity contribution in [2.45, 2.75) is 6.92 Å². The normalized spacial score (nSPS) is 9.68. The molecule has 0 aliphatic heterocycles. The largest absolute Gasteiger partial charge is 0.455 e. The number of nitrogens with zero attached hydrogens (tertiary/aromatic N) is 3. The van der Waals surface area contributed by atoms with Crippen molar-refractivity contribution in [3.8, 4) is 17.6 Å². The first kappa shape index (κ1) is 12.5. The van der Waals surface area contributed by atoms with Crippen LogP contribution >= 0.6 is 0 Å². The van der Waals surface area contributed by atoms with Crippen LogP contribution in [0.3, 0.4) is 0 Å². The maximum absolute atomic E-state index is 10.7. The van der Waals surface area contributed by atoms with Crippen molar-refractivity contribution >= 4 is 5.69 Å². The van der Waals surface area contributed by atoms with Gasteiger partial charge in [0.1, 0.15) is 23.1 Å². The average molecular weight is 255 g/mol. The van der Waals surface area contributed by atoms with E-state index in [1.54, 1.807) is 31.3 Å². The van der Waals surface area contributed by atoms with Gasteiger partial charge in [0.15, 0.2) is 0 Å². The standard InChI is InChI=1S/C13H9N3O3/c1-9-13(3-2-6-15-9)19-11-4-5-12(16(17)18)10(7-11)8-14/h2-7H,1H3. The molecule has 1 heterocycles. The molecule has 0 fully saturated rings. The zero-order valence-electron chi connectivity index (χ0n) is 10.0. The first-order valence-electron chi connectivity index (χ1n) is 5.40. The zero-order valence-corrected chi connectivity index (χ0v) is 10.0. The summed E-state index contributed by atoms with van der Waals surface area (Å²) in [6.07, 6.45) is 1.64. The molecule has 0 aliphatic carbocycles. The van der Waals surface area contributed by atoms with E-state index < -0.39 is 4.92 Å². The highest BCUT2D eigenvalue weighted by Crippen LogP contribution is 2.28. The van der Waals surface area contributed by atoms with Gasteiger partial charge in [0.2, 0.25) is 0 Å². The number of nitro benzene ring substituents is 1. The molecule has 6 nitrogen and oxygen atoms in total. The van der Waals surface area contributed by atoms with Gasteiger partial charge >= 0.3 is 0 Å². The van der Waals surface area contributed by atoms with Gasteiger partial charge in [0.05, 0.1) is 10.6 Å². The fourth-order valence-electron chi connectivity index (χ4n) is 1.53. The van der Waals surface area contributed by atoms with E-state index in [2.05, 4.69) is 4.98 Å². The maximum Gasteiger partial charge on any atom is 0.287 e. The van der Waals surface area contributed by atoms with Crippen molar-refractivity contribution in [3.63, 3.8) is 0 Å². The molecule has 0 aliphatic rings. The molecule has 0 N–H and O–H groups in total. The molecule has 1 aromatic carbocycles. The van der Waals surface area contributed by atoms with Crippen LogP contribution in [0.25, 0.3) is 0 Å². The molecule has 0 radical (unpaired) electrons. The third-order valence-corrected chi connectivity index (χ3v) is 2.47. The van der Waals surface area contributed by atoms with Crippen LogP contribution in [0.5, 0.6) is 11.5 Å². The molecule has 19 heavy (non-hydrogen) atoms. The molecular formula is C13H9N3O3. The molecular weight excluding hydrogens is 246 g/mol. The van der Waals surface area contributed by atoms with Crippen LogP contribution in [0.1, 0.15) is 11.3 Å². The number of ether oxygens (including phenoxy) is 1. The van der Waals surface area contributed by atoms with Gasteiger partial charge < -0.3 is 4.74 Å². The fraction of sp³-hybridized carbons (Fsp3) is 0.0769. The van der Waals surface area contributed by atoms with E-state index in [1.165, 1.54) is 18.2 Å². The Morgan fingerprint density at radius 2 is 2.21 bits per heavy atom. The predicted octanol–water partition coefficient (Wildman–Crippen LogP) is 2.96. The second kappa shape index (κ2) is 5.14. The number of nitriles is 1. The van der Waals surface area contributed by atoms with Crippen LogP contribution in [0.4, 0.5) is 5.69 Å². The fourth-order valence-corrected chi connectivity index (χ4v) is 1.53. The molecule has 0 atom stereocenters. The summed E-state index contributed by atoms with van der Waals surface area (Å²) in [6, 6.07) is 9.27. The number of nitro groups is 1. The summed E-state index contributed by atoms with van der Waals surface area (Å²) in [7, 11) is 0. The van der Waals surface area contributed by atoms with Crippen molar-refractivity contribution in [3.05, 3.63) is 57.9 Å². The highest BCUT2D eigenvalue weighted by molar-refractivity contribution is 5.52. The average Bonchev–Trinajstić information content (AvgIpc) is 2.41. The monoisotopic (exact) mass is 255 g/mol. The van der Waals surface area contributed by atoms with E-state index in [0.29, 0.717) is 17.2 Å². The molecule has 1 aromatic heterocycles. The van der Waals surface area contributed by atoms with Crippen molar-refractivity contribution in [1.82, 2.24) is 4.98 Å². The SMILES string of the molecule is Cc1ncccc1Oc1ccc([N+](=O)[O-])c(C#N)c1. The lowest BCUT2D eigenvalue weighted by Gasteiger charge is -2.07. The first-order valence-corrected chi connectivity index (χ1v) is 5.40. The minimum absolute atomic E-state index is 0.0379. The summed E-state index contributed by atoms with van der Waals surface area (Å²) in [5.41, 5.74) is 0.418. The van der Waals surface area contributed by atoms with Gasteiger partial charge in [-0.05, 0) is 25.1 Å². The van der Waals surface area contributed by atoms with Crippen molar-refractivity contribution in [1.29, 1.82) is 5.26 Å². The molecule has 2 aromatic rings. The number of aryl methyl sites for hydroxylation is 1.